The topological polar surface area (TPSA) is 71.1 Å². The first kappa shape index (κ1) is 15.9. The summed E-state index contributed by atoms with van der Waals surface area (Å²) in [4.78, 5) is 37.5. The fraction of sp³-hybridized carbons (Fsp3) is 0.500. The Morgan fingerprint density at radius 2 is 1.74 bits per heavy atom. The van der Waals surface area contributed by atoms with Crippen LogP contribution in [0, 0.1) is 0 Å². The summed E-state index contributed by atoms with van der Waals surface area (Å²) in [5.41, 5.74) is 1.14. The number of carbonyl (C=O) groups excluding carboxylic acids is 3. The van der Waals surface area contributed by atoms with Gasteiger partial charge in [-0.2, -0.15) is 0 Å². The summed E-state index contributed by atoms with van der Waals surface area (Å²) in [5.74, 6) is -0.307. The summed E-state index contributed by atoms with van der Waals surface area (Å²) in [6.07, 6.45) is 6.23. The molecule has 1 heterocycles. The molecule has 2 amide bonds. The zero-order valence-corrected chi connectivity index (χ0v) is 13.5. The van der Waals surface area contributed by atoms with Crippen molar-refractivity contribution >= 4 is 23.3 Å². The highest BCUT2D eigenvalue weighted by atomic mass is 16.2. The number of hydrogen-bond donors (Lipinski definition) is 1. The van der Waals surface area contributed by atoms with Gasteiger partial charge in [0.2, 0.25) is 5.91 Å². The molecule has 0 spiro atoms. The predicted molar refractivity (Wildman–Crippen MR) is 86.1 cm³/mol. The van der Waals surface area contributed by atoms with Crippen LogP contribution in [-0.2, 0) is 9.59 Å². The average Bonchev–Trinajstić information content (AvgIpc) is 2.82. The third-order valence-electron chi connectivity index (χ3n) is 4.87. The lowest BCUT2D eigenvalue weighted by Gasteiger charge is -2.22. The second-order valence-electron chi connectivity index (χ2n) is 6.57. The second-order valence-corrected chi connectivity index (χ2v) is 6.57. The molecule has 1 aromatic carbocycles. The summed E-state index contributed by atoms with van der Waals surface area (Å²) in [5, 5.41) is 2.10. The quantitative estimate of drug-likeness (QED) is 0.675. The Balaban J connectivity index is 1.71. The molecule has 1 saturated carbocycles. The van der Waals surface area contributed by atoms with Gasteiger partial charge in [-0.15, -0.1) is 0 Å². The molecular weight excluding hydrogens is 292 g/mol. The van der Waals surface area contributed by atoms with Gasteiger partial charge in [-0.3, -0.25) is 14.4 Å². The van der Waals surface area contributed by atoms with E-state index in [1.54, 1.807) is 24.3 Å². The second kappa shape index (κ2) is 6.62. The number of amides is 2. The third kappa shape index (κ3) is 3.34. The van der Waals surface area contributed by atoms with Crippen LogP contribution in [0.15, 0.2) is 24.3 Å². The van der Waals surface area contributed by atoms with E-state index in [9.17, 15) is 14.4 Å². The SMILES string of the molecule is CC(=O)c1ccc(N2C(=O)CC([NH2+]C3CCCCC3)C2=O)cc1. The molecule has 1 unspecified atom stereocenters. The van der Waals surface area contributed by atoms with Gasteiger partial charge < -0.3 is 5.32 Å². The van der Waals surface area contributed by atoms with Gasteiger partial charge in [0.25, 0.3) is 5.91 Å². The number of quaternary nitrogens is 1. The van der Waals surface area contributed by atoms with Gasteiger partial charge in [0, 0.05) is 5.56 Å². The predicted octanol–water partition coefficient (Wildman–Crippen LogP) is 1.42. The summed E-state index contributed by atoms with van der Waals surface area (Å²) >= 11 is 0. The number of anilines is 1. The van der Waals surface area contributed by atoms with Gasteiger partial charge in [0.15, 0.2) is 11.8 Å². The largest absolute Gasteiger partial charge is 0.333 e. The number of hydrogen-bond acceptors (Lipinski definition) is 3. The van der Waals surface area contributed by atoms with Crippen LogP contribution in [0.5, 0.6) is 0 Å². The lowest BCUT2D eigenvalue weighted by Crippen LogP contribution is -2.96. The number of nitrogens with two attached hydrogens (primary N) is 1. The van der Waals surface area contributed by atoms with Crippen molar-refractivity contribution in [3.8, 4) is 0 Å². The number of ketones is 1. The maximum absolute atomic E-state index is 12.6. The highest BCUT2D eigenvalue weighted by molar-refractivity contribution is 6.21. The maximum Gasteiger partial charge on any atom is 0.292 e. The van der Waals surface area contributed by atoms with E-state index >= 15 is 0 Å². The Labute approximate surface area is 136 Å². The van der Waals surface area contributed by atoms with E-state index in [2.05, 4.69) is 5.32 Å². The summed E-state index contributed by atoms with van der Waals surface area (Å²) in [6, 6.07) is 6.85. The van der Waals surface area contributed by atoms with E-state index in [1.807, 2.05) is 0 Å². The van der Waals surface area contributed by atoms with Crippen LogP contribution in [-0.4, -0.2) is 29.7 Å². The van der Waals surface area contributed by atoms with Crippen LogP contribution in [0.3, 0.4) is 0 Å². The molecule has 5 nitrogen and oxygen atoms in total. The number of nitrogens with zero attached hydrogens (tertiary/aromatic N) is 1. The molecule has 122 valence electrons. The monoisotopic (exact) mass is 315 g/mol. The minimum atomic E-state index is -0.293. The smallest absolute Gasteiger partial charge is 0.292 e. The Bertz CT molecular complexity index is 618. The van der Waals surface area contributed by atoms with E-state index in [1.165, 1.54) is 31.1 Å². The molecule has 2 fully saturated rings. The lowest BCUT2D eigenvalue weighted by molar-refractivity contribution is -0.710. The Hall–Kier alpha value is -2.01. The molecule has 23 heavy (non-hydrogen) atoms. The van der Waals surface area contributed by atoms with Gasteiger partial charge in [-0.25, -0.2) is 4.90 Å². The Morgan fingerprint density at radius 3 is 2.35 bits per heavy atom. The minimum Gasteiger partial charge on any atom is -0.333 e. The van der Waals surface area contributed by atoms with Crippen molar-refractivity contribution in [3.63, 3.8) is 0 Å². The first-order chi connectivity index (χ1) is 11.1. The lowest BCUT2D eigenvalue weighted by atomic mass is 9.95. The van der Waals surface area contributed by atoms with E-state index in [4.69, 9.17) is 0 Å². The molecule has 1 saturated heterocycles. The molecule has 0 aromatic heterocycles. The van der Waals surface area contributed by atoms with Crippen molar-refractivity contribution in [2.45, 2.75) is 57.5 Å². The van der Waals surface area contributed by atoms with Crippen LogP contribution in [0.2, 0.25) is 0 Å². The number of Topliss-reactive ketones (excluding diaryl/α,β-unsaturated/α-hetero) is 1. The van der Waals surface area contributed by atoms with Crippen LogP contribution in [0.4, 0.5) is 5.69 Å². The normalized spacial score (nSPS) is 22.7. The van der Waals surface area contributed by atoms with E-state index in [0.717, 1.165) is 12.8 Å². The summed E-state index contributed by atoms with van der Waals surface area (Å²) in [7, 11) is 0. The third-order valence-corrected chi connectivity index (χ3v) is 4.87. The molecule has 5 heteroatoms. The van der Waals surface area contributed by atoms with Gasteiger partial charge >= 0.3 is 0 Å². The standard InChI is InChI=1S/C18H22N2O3/c1-12(21)13-7-9-15(10-8-13)20-17(22)11-16(18(20)23)19-14-5-3-2-4-6-14/h7-10,14,16,19H,2-6,11H2,1H3/p+1. The molecule has 3 rings (SSSR count). The van der Waals surface area contributed by atoms with Crippen molar-refractivity contribution in [2.75, 3.05) is 4.90 Å². The van der Waals surface area contributed by atoms with Crippen LogP contribution >= 0.6 is 0 Å². The number of rotatable bonds is 4. The first-order valence-electron chi connectivity index (χ1n) is 8.39. The van der Waals surface area contributed by atoms with Crippen molar-refractivity contribution in [3.05, 3.63) is 29.8 Å². The molecule has 1 aliphatic heterocycles. The fourth-order valence-corrected chi connectivity index (χ4v) is 3.58. The zero-order chi connectivity index (χ0) is 16.4. The zero-order valence-electron chi connectivity index (χ0n) is 13.5. The van der Waals surface area contributed by atoms with E-state index in [-0.39, 0.29) is 30.1 Å². The molecule has 1 atom stereocenters. The van der Waals surface area contributed by atoms with E-state index in [0.29, 0.717) is 17.3 Å². The number of imide groups is 1. The van der Waals surface area contributed by atoms with Crippen LogP contribution < -0.4 is 10.2 Å². The fourth-order valence-electron chi connectivity index (χ4n) is 3.58. The van der Waals surface area contributed by atoms with Gasteiger partial charge in [-0.1, -0.05) is 6.42 Å². The number of benzene rings is 1. The first-order valence-corrected chi connectivity index (χ1v) is 8.39. The summed E-state index contributed by atoms with van der Waals surface area (Å²) < 4.78 is 0. The average molecular weight is 315 g/mol. The number of carbonyl (C=O) groups is 3. The maximum atomic E-state index is 12.6. The van der Waals surface area contributed by atoms with Gasteiger partial charge in [-0.05, 0) is 56.9 Å². The van der Waals surface area contributed by atoms with Gasteiger partial charge in [0.05, 0.1) is 18.2 Å². The molecule has 2 aliphatic rings. The van der Waals surface area contributed by atoms with E-state index < -0.39 is 0 Å². The Kier molecular flexibility index (Phi) is 4.57. The Morgan fingerprint density at radius 1 is 1.09 bits per heavy atom. The van der Waals surface area contributed by atoms with Crippen LogP contribution in [0.25, 0.3) is 0 Å². The molecule has 2 N–H and O–H groups in total. The van der Waals surface area contributed by atoms with Gasteiger partial charge in [0.1, 0.15) is 0 Å². The molecular formula is C18H23N2O3+. The van der Waals surface area contributed by atoms with Crippen molar-refractivity contribution in [1.82, 2.24) is 0 Å². The van der Waals surface area contributed by atoms with Crippen molar-refractivity contribution < 1.29 is 19.7 Å². The summed E-state index contributed by atoms with van der Waals surface area (Å²) in [6.45, 7) is 1.50. The minimum absolute atomic E-state index is 0.0286. The highest BCUT2D eigenvalue weighted by Crippen LogP contribution is 2.23. The molecule has 1 aromatic rings. The highest BCUT2D eigenvalue weighted by Gasteiger charge is 2.43. The van der Waals surface area contributed by atoms with Crippen molar-refractivity contribution in [2.24, 2.45) is 0 Å². The molecule has 0 radical (unpaired) electrons. The molecule has 1 aliphatic carbocycles. The van der Waals surface area contributed by atoms with Crippen molar-refractivity contribution in [1.29, 1.82) is 0 Å². The molecule has 0 bridgehead atoms. The van der Waals surface area contributed by atoms with Crippen LogP contribution in [0.1, 0.15) is 55.8 Å².